The van der Waals surface area contributed by atoms with E-state index in [9.17, 15) is 4.79 Å². The summed E-state index contributed by atoms with van der Waals surface area (Å²) in [5, 5.41) is 0. The Morgan fingerprint density at radius 2 is 2.00 bits per heavy atom. The second-order valence-corrected chi connectivity index (χ2v) is 6.07. The van der Waals surface area contributed by atoms with Gasteiger partial charge in [0, 0.05) is 5.92 Å². The van der Waals surface area contributed by atoms with Crippen molar-refractivity contribution in [2.75, 3.05) is 0 Å². The van der Waals surface area contributed by atoms with Crippen LogP contribution in [-0.2, 0) is 9.53 Å². The number of esters is 1. The molecule has 15 heavy (non-hydrogen) atoms. The molecule has 2 nitrogen and oxygen atoms in total. The summed E-state index contributed by atoms with van der Waals surface area (Å²) in [6.07, 6.45) is 3.78. The van der Waals surface area contributed by atoms with Gasteiger partial charge in [-0.05, 0) is 30.6 Å². The number of carbonyl (C=O) groups excluding carboxylic acids is 1. The van der Waals surface area contributed by atoms with E-state index in [-0.39, 0.29) is 18.0 Å². The van der Waals surface area contributed by atoms with Crippen LogP contribution in [0.25, 0.3) is 0 Å². The van der Waals surface area contributed by atoms with Gasteiger partial charge in [0.15, 0.2) is 0 Å². The lowest BCUT2D eigenvalue weighted by molar-refractivity contribution is -0.185. The molecule has 3 fully saturated rings. The smallest absolute Gasteiger partial charge is 0.308 e. The molecule has 0 spiro atoms. The van der Waals surface area contributed by atoms with Crippen LogP contribution in [0.15, 0.2) is 0 Å². The Bertz CT molecular complexity index is 266. The highest BCUT2D eigenvalue weighted by Gasteiger charge is 2.55. The summed E-state index contributed by atoms with van der Waals surface area (Å²) < 4.78 is 5.60. The molecule has 3 aliphatic carbocycles. The van der Waals surface area contributed by atoms with Crippen LogP contribution in [0.2, 0.25) is 0 Å². The predicted molar refractivity (Wildman–Crippen MR) is 59.3 cm³/mol. The molecule has 2 heteroatoms. The molecule has 0 amide bonds. The molecule has 0 N–H and O–H groups in total. The van der Waals surface area contributed by atoms with E-state index in [1.165, 1.54) is 12.8 Å². The fourth-order valence-corrected chi connectivity index (χ4v) is 3.17. The Morgan fingerprint density at radius 1 is 1.33 bits per heavy atom. The van der Waals surface area contributed by atoms with E-state index < -0.39 is 0 Å². The molecule has 2 bridgehead atoms. The Kier molecular flexibility index (Phi) is 2.56. The van der Waals surface area contributed by atoms with E-state index in [0.29, 0.717) is 11.3 Å². The molecule has 0 unspecified atom stereocenters. The minimum absolute atomic E-state index is 0.00547. The first-order chi connectivity index (χ1) is 6.93. The molecular weight excluding hydrogens is 188 g/mol. The van der Waals surface area contributed by atoms with E-state index >= 15 is 0 Å². The largest absolute Gasteiger partial charge is 0.462 e. The van der Waals surface area contributed by atoms with Crippen LogP contribution in [0.1, 0.15) is 47.0 Å². The van der Waals surface area contributed by atoms with Crippen LogP contribution in [0, 0.1) is 23.2 Å². The molecule has 3 saturated carbocycles. The topological polar surface area (TPSA) is 26.3 Å². The van der Waals surface area contributed by atoms with Crippen LogP contribution in [0.4, 0.5) is 0 Å². The quantitative estimate of drug-likeness (QED) is 0.655. The number of hydrogen-bond donors (Lipinski definition) is 0. The fourth-order valence-electron chi connectivity index (χ4n) is 3.17. The van der Waals surface area contributed by atoms with Crippen molar-refractivity contribution in [1.82, 2.24) is 0 Å². The average molecular weight is 210 g/mol. The number of rotatable bonds is 2. The maximum atomic E-state index is 11.6. The van der Waals surface area contributed by atoms with Gasteiger partial charge in [-0.15, -0.1) is 0 Å². The zero-order chi connectivity index (χ0) is 11.2. The van der Waals surface area contributed by atoms with Gasteiger partial charge in [0.25, 0.3) is 0 Å². The molecule has 0 aromatic carbocycles. The summed E-state index contributed by atoms with van der Waals surface area (Å²) in [4.78, 5) is 11.6. The van der Waals surface area contributed by atoms with Crippen LogP contribution >= 0.6 is 0 Å². The third-order valence-corrected chi connectivity index (χ3v) is 4.53. The Hall–Kier alpha value is -0.530. The Balaban J connectivity index is 1.97. The predicted octanol–water partition coefficient (Wildman–Crippen LogP) is 3.01. The van der Waals surface area contributed by atoms with Gasteiger partial charge in [-0.1, -0.05) is 27.7 Å². The highest BCUT2D eigenvalue weighted by atomic mass is 16.5. The molecule has 0 aliphatic heterocycles. The van der Waals surface area contributed by atoms with Crippen molar-refractivity contribution < 1.29 is 9.53 Å². The average Bonchev–Trinajstić information content (AvgIpc) is 2.17. The van der Waals surface area contributed by atoms with E-state index in [1.54, 1.807) is 0 Å². The fraction of sp³-hybridized carbons (Fsp3) is 0.923. The summed E-state index contributed by atoms with van der Waals surface area (Å²) in [6, 6.07) is 0. The van der Waals surface area contributed by atoms with E-state index in [1.807, 2.05) is 13.8 Å². The monoisotopic (exact) mass is 210 g/mol. The maximum Gasteiger partial charge on any atom is 0.308 e. The summed E-state index contributed by atoms with van der Waals surface area (Å²) >= 11 is 0. The van der Waals surface area contributed by atoms with Crippen molar-refractivity contribution in [3.8, 4) is 0 Å². The first-order valence-electron chi connectivity index (χ1n) is 6.13. The van der Waals surface area contributed by atoms with E-state index in [2.05, 4.69) is 13.8 Å². The minimum Gasteiger partial charge on any atom is -0.462 e. The van der Waals surface area contributed by atoms with Crippen molar-refractivity contribution in [1.29, 1.82) is 0 Å². The second-order valence-electron chi connectivity index (χ2n) is 6.07. The molecule has 0 aromatic heterocycles. The van der Waals surface area contributed by atoms with Gasteiger partial charge in [-0.25, -0.2) is 0 Å². The first-order valence-corrected chi connectivity index (χ1v) is 6.13. The summed E-state index contributed by atoms with van der Waals surface area (Å²) in [7, 11) is 0. The third-order valence-electron chi connectivity index (χ3n) is 4.53. The van der Waals surface area contributed by atoms with Crippen molar-refractivity contribution in [2.24, 2.45) is 23.2 Å². The molecule has 3 rings (SSSR count). The third kappa shape index (κ3) is 1.68. The molecular formula is C13H22O2. The van der Waals surface area contributed by atoms with Gasteiger partial charge in [0.1, 0.15) is 6.10 Å². The zero-order valence-corrected chi connectivity index (χ0v) is 10.2. The number of ether oxygens (including phenoxy) is 1. The lowest BCUT2D eigenvalue weighted by Gasteiger charge is -2.59. The van der Waals surface area contributed by atoms with Crippen LogP contribution in [0.5, 0.6) is 0 Å². The van der Waals surface area contributed by atoms with Gasteiger partial charge in [0.05, 0.1) is 5.92 Å². The van der Waals surface area contributed by atoms with Gasteiger partial charge in [-0.3, -0.25) is 4.79 Å². The van der Waals surface area contributed by atoms with Gasteiger partial charge in [0.2, 0.25) is 0 Å². The standard InChI is InChI=1S/C13H22O2/c1-8(2)12(14)15-11-6-5-9-7-10(11)13(9,3)4/h8-11H,5-7H2,1-4H3/t9-,10-,11+/m0/s1. The summed E-state index contributed by atoms with van der Waals surface area (Å²) in [5.74, 6) is 1.46. The molecule has 86 valence electrons. The molecule has 0 saturated heterocycles. The number of fused-ring (bicyclic) bond motifs is 2. The van der Waals surface area contributed by atoms with Gasteiger partial charge >= 0.3 is 5.97 Å². The van der Waals surface area contributed by atoms with Crippen LogP contribution < -0.4 is 0 Å². The molecule has 3 aliphatic rings. The highest BCUT2D eigenvalue weighted by Crippen LogP contribution is 2.59. The van der Waals surface area contributed by atoms with Crippen LogP contribution in [0.3, 0.4) is 0 Å². The van der Waals surface area contributed by atoms with Gasteiger partial charge < -0.3 is 4.74 Å². The maximum absolute atomic E-state index is 11.6. The van der Waals surface area contributed by atoms with Crippen LogP contribution in [-0.4, -0.2) is 12.1 Å². The SMILES string of the molecule is CC(C)C(=O)O[C@@H]1CC[C@H]2C[C@@H]1C2(C)C. The van der Waals surface area contributed by atoms with E-state index in [0.717, 1.165) is 12.3 Å². The normalized spacial score (nSPS) is 37.3. The molecule has 0 radical (unpaired) electrons. The van der Waals surface area contributed by atoms with Crippen molar-refractivity contribution in [3.05, 3.63) is 0 Å². The first kappa shape index (κ1) is 11.0. The highest BCUT2D eigenvalue weighted by molar-refractivity contribution is 5.71. The van der Waals surface area contributed by atoms with Crippen molar-refractivity contribution in [2.45, 2.75) is 53.1 Å². The Morgan fingerprint density at radius 3 is 2.47 bits per heavy atom. The van der Waals surface area contributed by atoms with Crippen molar-refractivity contribution >= 4 is 5.97 Å². The lowest BCUT2D eigenvalue weighted by Crippen LogP contribution is -2.55. The van der Waals surface area contributed by atoms with E-state index in [4.69, 9.17) is 4.74 Å². The van der Waals surface area contributed by atoms with Crippen molar-refractivity contribution in [3.63, 3.8) is 0 Å². The Labute approximate surface area is 92.4 Å². The summed E-state index contributed by atoms with van der Waals surface area (Å²) in [5.41, 5.74) is 0.403. The van der Waals surface area contributed by atoms with Gasteiger partial charge in [-0.2, -0.15) is 0 Å². The second kappa shape index (κ2) is 3.50. The number of hydrogen-bond acceptors (Lipinski definition) is 2. The molecule has 0 aromatic rings. The number of carbonyl (C=O) groups is 1. The molecule has 3 atom stereocenters. The minimum atomic E-state index is -0.0267. The zero-order valence-electron chi connectivity index (χ0n) is 10.2. The summed E-state index contributed by atoms with van der Waals surface area (Å²) in [6.45, 7) is 8.45. The molecule has 0 heterocycles. The lowest BCUT2D eigenvalue weighted by atomic mass is 9.48.